The molecule has 0 saturated heterocycles. The SMILES string of the molecule is COCCNC(=O)c1cccc(-c2ccc(N)cc2)c1. The summed E-state index contributed by atoms with van der Waals surface area (Å²) in [4.78, 5) is 12.0. The number of hydrogen-bond donors (Lipinski definition) is 2. The minimum Gasteiger partial charge on any atom is -0.399 e. The molecule has 0 aromatic heterocycles. The summed E-state index contributed by atoms with van der Waals surface area (Å²) in [6.07, 6.45) is 0. The molecule has 2 aromatic rings. The third kappa shape index (κ3) is 3.59. The van der Waals surface area contributed by atoms with Crippen LogP contribution in [0.5, 0.6) is 0 Å². The number of anilines is 1. The van der Waals surface area contributed by atoms with Gasteiger partial charge in [-0.25, -0.2) is 0 Å². The summed E-state index contributed by atoms with van der Waals surface area (Å²) in [5, 5.41) is 2.80. The number of methoxy groups -OCH3 is 1. The van der Waals surface area contributed by atoms with Gasteiger partial charge in [-0.3, -0.25) is 4.79 Å². The van der Waals surface area contributed by atoms with Gasteiger partial charge in [0.1, 0.15) is 0 Å². The molecule has 0 heterocycles. The second-order valence-electron chi connectivity index (χ2n) is 4.45. The standard InChI is InChI=1S/C16H18N2O2/c1-20-10-9-18-16(19)14-4-2-3-13(11-14)12-5-7-15(17)8-6-12/h2-8,11H,9-10,17H2,1H3,(H,18,19). The fourth-order valence-corrected chi connectivity index (χ4v) is 1.88. The number of ether oxygens (including phenoxy) is 1. The lowest BCUT2D eigenvalue weighted by Crippen LogP contribution is -2.26. The van der Waals surface area contributed by atoms with Gasteiger partial charge in [0, 0.05) is 24.9 Å². The highest BCUT2D eigenvalue weighted by Gasteiger charge is 2.06. The van der Waals surface area contributed by atoms with Gasteiger partial charge in [0.15, 0.2) is 0 Å². The fraction of sp³-hybridized carbons (Fsp3) is 0.188. The topological polar surface area (TPSA) is 64.3 Å². The van der Waals surface area contributed by atoms with Crippen molar-refractivity contribution in [3.63, 3.8) is 0 Å². The van der Waals surface area contributed by atoms with E-state index in [9.17, 15) is 4.79 Å². The molecule has 0 saturated carbocycles. The molecule has 0 aliphatic carbocycles. The van der Waals surface area contributed by atoms with E-state index in [1.54, 1.807) is 13.2 Å². The molecular weight excluding hydrogens is 252 g/mol. The lowest BCUT2D eigenvalue weighted by molar-refractivity contribution is 0.0937. The molecule has 1 amide bonds. The van der Waals surface area contributed by atoms with Crippen LogP contribution in [0.3, 0.4) is 0 Å². The molecule has 3 N–H and O–H groups in total. The van der Waals surface area contributed by atoms with Crippen LogP contribution in [0.4, 0.5) is 5.69 Å². The minimum absolute atomic E-state index is 0.0978. The lowest BCUT2D eigenvalue weighted by atomic mass is 10.0. The predicted octanol–water partition coefficient (Wildman–Crippen LogP) is 2.31. The third-order valence-corrected chi connectivity index (χ3v) is 2.96. The second kappa shape index (κ2) is 6.73. The van der Waals surface area contributed by atoms with Crippen LogP contribution >= 0.6 is 0 Å². The van der Waals surface area contributed by atoms with Crippen LogP contribution in [0, 0.1) is 0 Å². The van der Waals surface area contributed by atoms with Crippen LogP contribution in [-0.4, -0.2) is 26.2 Å². The van der Waals surface area contributed by atoms with Crippen molar-refractivity contribution in [1.29, 1.82) is 0 Å². The van der Waals surface area contributed by atoms with Gasteiger partial charge < -0.3 is 15.8 Å². The Balaban J connectivity index is 2.15. The molecule has 0 atom stereocenters. The minimum atomic E-state index is -0.0978. The van der Waals surface area contributed by atoms with Crippen molar-refractivity contribution in [3.8, 4) is 11.1 Å². The summed E-state index contributed by atoms with van der Waals surface area (Å²) in [5.74, 6) is -0.0978. The molecule has 0 radical (unpaired) electrons. The van der Waals surface area contributed by atoms with Crippen molar-refractivity contribution in [2.45, 2.75) is 0 Å². The molecule has 4 heteroatoms. The van der Waals surface area contributed by atoms with E-state index in [4.69, 9.17) is 10.5 Å². The Hall–Kier alpha value is -2.33. The highest BCUT2D eigenvalue weighted by atomic mass is 16.5. The highest BCUT2D eigenvalue weighted by molar-refractivity contribution is 5.95. The fourth-order valence-electron chi connectivity index (χ4n) is 1.88. The van der Waals surface area contributed by atoms with E-state index in [1.807, 2.05) is 42.5 Å². The van der Waals surface area contributed by atoms with E-state index in [0.29, 0.717) is 18.7 Å². The summed E-state index contributed by atoms with van der Waals surface area (Å²) in [6, 6.07) is 15.1. The van der Waals surface area contributed by atoms with E-state index in [1.165, 1.54) is 0 Å². The second-order valence-corrected chi connectivity index (χ2v) is 4.45. The van der Waals surface area contributed by atoms with Crippen LogP contribution < -0.4 is 11.1 Å². The van der Waals surface area contributed by atoms with E-state index < -0.39 is 0 Å². The molecule has 0 spiro atoms. The monoisotopic (exact) mass is 270 g/mol. The number of amides is 1. The first kappa shape index (κ1) is 14.1. The molecule has 0 unspecified atom stereocenters. The van der Waals surface area contributed by atoms with E-state index >= 15 is 0 Å². The van der Waals surface area contributed by atoms with Gasteiger partial charge in [0.2, 0.25) is 0 Å². The van der Waals surface area contributed by atoms with Crippen LogP contribution in [-0.2, 0) is 4.74 Å². The number of nitrogen functional groups attached to an aromatic ring is 1. The van der Waals surface area contributed by atoms with Crippen molar-refractivity contribution in [1.82, 2.24) is 5.32 Å². The Labute approximate surface area is 118 Å². The number of rotatable bonds is 5. The zero-order chi connectivity index (χ0) is 14.4. The number of carbonyl (C=O) groups is 1. The van der Waals surface area contributed by atoms with Crippen LogP contribution in [0.25, 0.3) is 11.1 Å². The summed E-state index contributed by atoms with van der Waals surface area (Å²) < 4.78 is 4.91. The maximum atomic E-state index is 12.0. The van der Waals surface area contributed by atoms with Crippen molar-refractivity contribution < 1.29 is 9.53 Å². The first-order valence-electron chi connectivity index (χ1n) is 6.44. The molecule has 20 heavy (non-hydrogen) atoms. The smallest absolute Gasteiger partial charge is 0.251 e. The highest BCUT2D eigenvalue weighted by Crippen LogP contribution is 2.21. The molecule has 0 bridgehead atoms. The van der Waals surface area contributed by atoms with Gasteiger partial charge in [-0.05, 0) is 35.4 Å². The van der Waals surface area contributed by atoms with E-state index in [2.05, 4.69) is 5.32 Å². The summed E-state index contributed by atoms with van der Waals surface area (Å²) in [5.41, 5.74) is 9.06. The number of nitrogens with two attached hydrogens (primary N) is 1. The normalized spacial score (nSPS) is 10.2. The Morgan fingerprint density at radius 3 is 2.60 bits per heavy atom. The molecule has 0 aliphatic rings. The molecule has 104 valence electrons. The molecule has 4 nitrogen and oxygen atoms in total. The van der Waals surface area contributed by atoms with Crippen molar-refractivity contribution in [2.75, 3.05) is 26.0 Å². The number of nitrogens with one attached hydrogen (secondary N) is 1. The van der Waals surface area contributed by atoms with E-state index in [-0.39, 0.29) is 5.91 Å². The van der Waals surface area contributed by atoms with Crippen molar-refractivity contribution >= 4 is 11.6 Å². The van der Waals surface area contributed by atoms with Crippen LogP contribution in [0.1, 0.15) is 10.4 Å². The summed E-state index contributed by atoms with van der Waals surface area (Å²) >= 11 is 0. The molecular formula is C16H18N2O2. The predicted molar refractivity (Wildman–Crippen MR) is 80.5 cm³/mol. The molecule has 0 aliphatic heterocycles. The van der Waals surface area contributed by atoms with Gasteiger partial charge in [-0.1, -0.05) is 24.3 Å². The summed E-state index contributed by atoms with van der Waals surface area (Å²) in [7, 11) is 1.61. The Bertz CT molecular complexity index is 579. The van der Waals surface area contributed by atoms with Gasteiger partial charge in [-0.2, -0.15) is 0 Å². The number of benzene rings is 2. The number of carbonyl (C=O) groups excluding carboxylic acids is 1. The lowest BCUT2D eigenvalue weighted by Gasteiger charge is -2.07. The molecule has 2 aromatic carbocycles. The Morgan fingerprint density at radius 2 is 1.90 bits per heavy atom. The zero-order valence-corrected chi connectivity index (χ0v) is 11.4. The maximum Gasteiger partial charge on any atom is 0.251 e. The quantitative estimate of drug-likeness (QED) is 0.647. The van der Waals surface area contributed by atoms with Gasteiger partial charge in [0.05, 0.1) is 6.61 Å². The van der Waals surface area contributed by atoms with Gasteiger partial charge in [0.25, 0.3) is 5.91 Å². The van der Waals surface area contributed by atoms with Crippen LogP contribution in [0.2, 0.25) is 0 Å². The molecule has 0 fully saturated rings. The average Bonchev–Trinajstić information content (AvgIpc) is 2.48. The number of hydrogen-bond acceptors (Lipinski definition) is 3. The van der Waals surface area contributed by atoms with E-state index in [0.717, 1.165) is 16.8 Å². The van der Waals surface area contributed by atoms with Gasteiger partial charge >= 0.3 is 0 Å². The van der Waals surface area contributed by atoms with Crippen molar-refractivity contribution in [2.24, 2.45) is 0 Å². The third-order valence-electron chi connectivity index (χ3n) is 2.96. The first-order chi connectivity index (χ1) is 9.70. The van der Waals surface area contributed by atoms with Gasteiger partial charge in [-0.15, -0.1) is 0 Å². The Kier molecular flexibility index (Phi) is 4.74. The zero-order valence-electron chi connectivity index (χ0n) is 11.4. The molecule has 2 rings (SSSR count). The Morgan fingerprint density at radius 1 is 1.15 bits per heavy atom. The summed E-state index contributed by atoms with van der Waals surface area (Å²) in [6.45, 7) is 1.00. The van der Waals surface area contributed by atoms with Crippen LogP contribution in [0.15, 0.2) is 48.5 Å². The average molecular weight is 270 g/mol. The first-order valence-corrected chi connectivity index (χ1v) is 6.44. The maximum absolute atomic E-state index is 12.0. The van der Waals surface area contributed by atoms with Crippen molar-refractivity contribution in [3.05, 3.63) is 54.1 Å². The largest absolute Gasteiger partial charge is 0.399 e.